The molecule has 0 bridgehead atoms. The van der Waals surface area contributed by atoms with Gasteiger partial charge in [0.1, 0.15) is 11.5 Å². The van der Waals surface area contributed by atoms with Crippen molar-refractivity contribution < 1.29 is 14.3 Å². The molecule has 3 aromatic rings. The number of aromatic nitrogens is 1. The number of hydrogen-bond donors (Lipinski definition) is 2. The Labute approximate surface area is 183 Å². The molecular formula is C21H21ClN4O3S. The number of ether oxygens (including phenoxy) is 2. The maximum Gasteiger partial charge on any atom is 0.283 e. The number of carbonyl (C=O) groups is 1. The first-order chi connectivity index (χ1) is 14.5. The fourth-order valence-electron chi connectivity index (χ4n) is 2.67. The minimum Gasteiger partial charge on any atom is -0.493 e. The van der Waals surface area contributed by atoms with Crippen LogP contribution in [0.5, 0.6) is 11.5 Å². The highest BCUT2D eigenvalue weighted by atomic mass is 35.5. The van der Waals surface area contributed by atoms with E-state index in [0.717, 1.165) is 22.5 Å². The van der Waals surface area contributed by atoms with E-state index in [4.69, 9.17) is 26.8 Å². The largest absolute Gasteiger partial charge is 0.493 e. The summed E-state index contributed by atoms with van der Waals surface area (Å²) in [6.07, 6.45) is 2.14. The second-order valence-electron chi connectivity index (χ2n) is 6.21. The lowest BCUT2D eigenvalue weighted by Gasteiger charge is -2.11. The molecule has 0 fully saturated rings. The topological polar surface area (TPSA) is 98.8 Å². The lowest BCUT2D eigenvalue weighted by molar-refractivity contribution is 0.0958. The van der Waals surface area contributed by atoms with Crippen LogP contribution < -0.4 is 20.6 Å². The molecule has 1 aromatic heterocycles. The molecule has 2 aromatic carbocycles. The zero-order chi connectivity index (χ0) is 21.5. The van der Waals surface area contributed by atoms with Crippen LogP contribution >= 0.6 is 22.9 Å². The van der Waals surface area contributed by atoms with E-state index in [0.29, 0.717) is 45.3 Å². The van der Waals surface area contributed by atoms with Crippen molar-refractivity contribution >= 4 is 40.2 Å². The molecule has 0 aliphatic carbocycles. The van der Waals surface area contributed by atoms with Gasteiger partial charge in [0, 0.05) is 5.02 Å². The first kappa shape index (κ1) is 21.6. The van der Waals surface area contributed by atoms with E-state index in [1.807, 2.05) is 37.3 Å². The quantitative estimate of drug-likeness (QED) is 0.398. The molecular weight excluding hydrogens is 424 g/mol. The first-order valence-corrected chi connectivity index (χ1v) is 10.3. The summed E-state index contributed by atoms with van der Waals surface area (Å²) in [6.45, 7) is 2.27. The number of halogens is 1. The molecule has 0 saturated heterocycles. The third-order valence-electron chi connectivity index (χ3n) is 4.11. The summed E-state index contributed by atoms with van der Waals surface area (Å²) in [7, 11) is 1.56. The minimum absolute atomic E-state index is 0.342. The van der Waals surface area contributed by atoms with Crippen molar-refractivity contribution in [2.24, 2.45) is 5.10 Å². The fourth-order valence-corrected chi connectivity index (χ4v) is 3.70. The predicted molar refractivity (Wildman–Crippen MR) is 120 cm³/mol. The molecule has 3 N–H and O–H groups in total. The number of nitrogens with one attached hydrogen (secondary N) is 1. The van der Waals surface area contributed by atoms with E-state index in [2.05, 4.69) is 15.5 Å². The van der Waals surface area contributed by atoms with Crippen molar-refractivity contribution in [2.45, 2.75) is 20.0 Å². The van der Waals surface area contributed by atoms with E-state index >= 15 is 0 Å². The van der Waals surface area contributed by atoms with Crippen LogP contribution in [0.1, 0.15) is 33.4 Å². The van der Waals surface area contributed by atoms with Crippen LogP contribution in [-0.2, 0) is 13.0 Å². The number of methoxy groups -OCH3 is 1. The Kier molecular flexibility index (Phi) is 7.26. The van der Waals surface area contributed by atoms with E-state index in [9.17, 15) is 4.79 Å². The first-order valence-electron chi connectivity index (χ1n) is 9.14. The van der Waals surface area contributed by atoms with Crippen molar-refractivity contribution in [3.05, 3.63) is 69.2 Å². The summed E-state index contributed by atoms with van der Waals surface area (Å²) in [6, 6.07) is 12.8. The number of benzene rings is 2. The average molecular weight is 445 g/mol. The number of hydrogen-bond acceptors (Lipinski definition) is 7. The van der Waals surface area contributed by atoms with Crippen LogP contribution in [-0.4, -0.2) is 24.2 Å². The summed E-state index contributed by atoms with van der Waals surface area (Å²) in [5.41, 5.74) is 10.5. The summed E-state index contributed by atoms with van der Waals surface area (Å²) in [5.74, 6) is 0.799. The van der Waals surface area contributed by atoms with Crippen LogP contribution in [0.15, 0.2) is 47.6 Å². The lowest BCUT2D eigenvalue weighted by Crippen LogP contribution is -2.17. The van der Waals surface area contributed by atoms with Gasteiger partial charge >= 0.3 is 0 Å². The molecule has 1 heterocycles. The smallest absolute Gasteiger partial charge is 0.283 e. The van der Waals surface area contributed by atoms with Gasteiger partial charge in [0.25, 0.3) is 5.91 Å². The Morgan fingerprint density at radius 1 is 1.30 bits per heavy atom. The SMILES string of the molecule is CCc1nc(N)sc1C(=O)N/N=C\c1ccc(OCc2cccc(Cl)c2)c(OC)c1. The van der Waals surface area contributed by atoms with Crippen LogP contribution in [0.2, 0.25) is 5.02 Å². The third kappa shape index (κ3) is 5.49. The van der Waals surface area contributed by atoms with Gasteiger partial charge < -0.3 is 15.2 Å². The summed E-state index contributed by atoms with van der Waals surface area (Å²) >= 11 is 7.14. The Hall–Kier alpha value is -3.10. The zero-order valence-corrected chi connectivity index (χ0v) is 18.1. The van der Waals surface area contributed by atoms with Gasteiger partial charge in [-0.2, -0.15) is 5.10 Å². The van der Waals surface area contributed by atoms with Crippen LogP contribution in [0.4, 0.5) is 5.13 Å². The molecule has 3 rings (SSSR count). The standard InChI is InChI=1S/C21H21ClN4O3S/c1-3-16-19(30-21(23)25-16)20(27)26-24-11-13-7-8-17(18(10-13)28-2)29-12-14-5-4-6-15(22)9-14/h4-11H,3,12H2,1-2H3,(H2,23,25)(H,26,27)/b24-11-. The van der Waals surface area contributed by atoms with Crippen LogP contribution in [0.25, 0.3) is 0 Å². The number of nitrogen functional groups attached to an aromatic ring is 1. The number of nitrogens with two attached hydrogens (primary N) is 1. The number of amides is 1. The van der Waals surface area contributed by atoms with Crippen molar-refractivity contribution in [1.82, 2.24) is 10.4 Å². The normalized spacial score (nSPS) is 10.9. The molecule has 0 aliphatic heterocycles. The van der Waals surface area contributed by atoms with Gasteiger partial charge in [-0.25, -0.2) is 10.4 Å². The van der Waals surface area contributed by atoms with Gasteiger partial charge in [0.2, 0.25) is 0 Å². The van der Waals surface area contributed by atoms with E-state index in [1.54, 1.807) is 19.2 Å². The number of rotatable bonds is 8. The highest BCUT2D eigenvalue weighted by Gasteiger charge is 2.15. The summed E-state index contributed by atoms with van der Waals surface area (Å²) in [4.78, 5) is 16.9. The number of anilines is 1. The molecule has 1 amide bonds. The predicted octanol–water partition coefficient (Wildman–Crippen LogP) is 4.29. The maximum atomic E-state index is 12.3. The zero-order valence-electron chi connectivity index (χ0n) is 16.5. The van der Waals surface area contributed by atoms with E-state index < -0.39 is 0 Å². The van der Waals surface area contributed by atoms with Crippen molar-refractivity contribution in [2.75, 3.05) is 12.8 Å². The van der Waals surface area contributed by atoms with Gasteiger partial charge in [0.05, 0.1) is 19.0 Å². The molecule has 0 radical (unpaired) electrons. The summed E-state index contributed by atoms with van der Waals surface area (Å²) in [5, 5.41) is 5.03. The Balaban J connectivity index is 1.64. The molecule has 0 atom stereocenters. The van der Waals surface area contributed by atoms with Gasteiger partial charge in [0.15, 0.2) is 16.6 Å². The molecule has 0 aliphatic rings. The van der Waals surface area contributed by atoms with Gasteiger partial charge in [-0.1, -0.05) is 42.0 Å². The fraction of sp³-hybridized carbons (Fsp3) is 0.190. The highest BCUT2D eigenvalue weighted by Crippen LogP contribution is 2.28. The third-order valence-corrected chi connectivity index (χ3v) is 5.27. The lowest BCUT2D eigenvalue weighted by atomic mass is 10.2. The molecule has 30 heavy (non-hydrogen) atoms. The monoisotopic (exact) mass is 444 g/mol. The second-order valence-corrected chi connectivity index (χ2v) is 7.68. The van der Waals surface area contributed by atoms with Gasteiger partial charge in [-0.15, -0.1) is 0 Å². The molecule has 0 unspecified atom stereocenters. The van der Waals surface area contributed by atoms with Crippen LogP contribution in [0, 0.1) is 0 Å². The highest BCUT2D eigenvalue weighted by molar-refractivity contribution is 7.17. The number of hydrazone groups is 1. The van der Waals surface area contributed by atoms with Gasteiger partial charge in [-0.05, 0) is 47.9 Å². The van der Waals surface area contributed by atoms with Crippen molar-refractivity contribution in [3.63, 3.8) is 0 Å². The molecule has 9 heteroatoms. The van der Waals surface area contributed by atoms with Crippen LogP contribution in [0.3, 0.4) is 0 Å². The van der Waals surface area contributed by atoms with Crippen molar-refractivity contribution in [1.29, 1.82) is 0 Å². The molecule has 7 nitrogen and oxygen atoms in total. The molecule has 0 saturated carbocycles. The Morgan fingerprint density at radius 3 is 2.87 bits per heavy atom. The minimum atomic E-state index is -0.342. The van der Waals surface area contributed by atoms with E-state index in [1.165, 1.54) is 6.21 Å². The number of nitrogens with zero attached hydrogens (tertiary/aromatic N) is 2. The Bertz CT molecular complexity index is 1070. The van der Waals surface area contributed by atoms with E-state index in [-0.39, 0.29) is 5.91 Å². The average Bonchev–Trinajstić information content (AvgIpc) is 3.13. The number of aryl methyl sites for hydroxylation is 1. The molecule has 156 valence electrons. The molecule has 0 spiro atoms. The van der Waals surface area contributed by atoms with Crippen molar-refractivity contribution in [3.8, 4) is 11.5 Å². The van der Waals surface area contributed by atoms with Gasteiger partial charge in [-0.3, -0.25) is 4.79 Å². The number of carbonyl (C=O) groups excluding carboxylic acids is 1. The Morgan fingerprint density at radius 2 is 2.13 bits per heavy atom. The second kappa shape index (κ2) is 10.1. The number of thiazole rings is 1. The maximum absolute atomic E-state index is 12.3. The summed E-state index contributed by atoms with van der Waals surface area (Å²) < 4.78 is 11.2.